The van der Waals surface area contributed by atoms with Gasteiger partial charge in [0.05, 0.1) is 55.3 Å². The number of morpholine rings is 1. The predicted octanol–water partition coefficient (Wildman–Crippen LogP) is 2.86. The van der Waals surface area contributed by atoms with Crippen LogP contribution in [0.4, 0.5) is 11.4 Å². The van der Waals surface area contributed by atoms with E-state index in [2.05, 4.69) is 10.2 Å². The summed E-state index contributed by atoms with van der Waals surface area (Å²) in [5.41, 5.74) is 1.44. The maximum absolute atomic E-state index is 13.4. The number of ketones is 2. The number of carbonyl (C=O) groups is 4. The molecule has 5 rings (SSSR count). The number of Topliss-reactive ketones (excluding diaryl/α,β-unsaturated/α-hetero) is 2. The normalized spacial score (nSPS) is 19.7. The van der Waals surface area contributed by atoms with Crippen LogP contribution >= 0.6 is 12.4 Å². The zero-order valence-electron chi connectivity index (χ0n) is 21.1. The van der Waals surface area contributed by atoms with Gasteiger partial charge in [0.2, 0.25) is 0 Å². The van der Waals surface area contributed by atoms with Gasteiger partial charge < -0.3 is 19.5 Å². The number of rotatable bonds is 8. The Morgan fingerprint density at radius 1 is 1.03 bits per heavy atom. The third-order valence-electron chi connectivity index (χ3n) is 6.92. The number of methoxy groups -OCH3 is 1. The second kappa shape index (κ2) is 11.9. The van der Waals surface area contributed by atoms with E-state index >= 15 is 0 Å². The largest absolute Gasteiger partial charge is 0.494 e. The summed E-state index contributed by atoms with van der Waals surface area (Å²) in [6.45, 7) is 4.58. The Morgan fingerprint density at radius 3 is 2.55 bits per heavy atom. The summed E-state index contributed by atoms with van der Waals surface area (Å²) in [5, 5.41) is 3.21. The van der Waals surface area contributed by atoms with E-state index in [0.29, 0.717) is 29.5 Å². The molecule has 1 atom stereocenters. The maximum atomic E-state index is 13.4. The topological polar surface area (TPSA) is 114 Å². The van der Waals surface area contributed by atoms with Crippen molar-refractivity contribution in [1.29, 1.82) is 0 Å². The Kier molecular flexibility index (Phi) is 8.65. The van der Waals surface area contributed by atoms with E-state index < -0.39 is 23.6 Å². The Labute approximate surface area is 226 Å². The van der Waals surface area contributed by atoms with Crippen molar-refractivity contribution < 1.29 is 33.4 Å². The number of benzene rings is 2. The van der Waals surface area contributed by atoms with Gasteiger partial charge in [-0.25, -0.2) is 0 Å². The maximum Gasteiger partial charge on any atom is 0.264 e. The highest BCUT2D eigenvalue weighted by Gasteiger charge is 2.45. The fourth-order valence-electron chi connectivity index (χ4n) is 4.95. The number of nitrogens with one attached hydrogen (secondary N) is 1. The third kappa shape index (κ3) is 5.52. The lowest BCUT2D eigenvalue weighted by Gasteiger charge is -2.27. The van der Waals surface area contributed by atoms with Crippen LogP contribution < -0.4 is 14.8 Å². The van der Waals surface area contributed by atoms with Crippen LogP contribution in [0, 0.1) is 0 Å². The number of halogens is 1. The first kappa shape index (κ1) is 27.6. The SMILES string of the molecule is COc1cc(OCCN2CCOCC2)ccc1Nc1cccc2c1C(=O)N(C1CCC(=O)CC1=O)C2=O.Cl. The van der Waals surface area contributed by atoms with Gasteiger partial charge in [-0.2, -0.15) is 0 Å². The van der Waals surface area contributed by atoms with Crippen LogP contribution in [0.25, 0.3) is 0 Å². The number of hydrogen-bond donors (Lipinski definition) is 1. The van der Waals surface area contributed by atoms with Crippen LogP contribution in [0.15, 0.2) is 36.4 Å². The standard InChI is InChI=1S/C27H29N3O7.ClH/c1-35-24-16-18(37-14-11-29-9-12-36-13-10-29)6-7-20(24)28-21-4-2-3-19-25(21)27(34)30(26(19)33)22-8-5-17(31)15-23(22)32;/h2-4,6-7,16,22,28H,5,8-15H2,1H3;1H. The predicted molar refractivity (Wildman–Crippen MR) is 141 cm³/mol. The molecular weight excluding hydrogens is 514 g/mol. The fraction of sp³-hybridized carbons (Fsp3) is 0.407. The van der Waals surface area contributed by atoms with E-state index in [1.165, 1.54) is 0 Å². The van der Waals surface area contributed by atoms with Crippen LogP contribution in [0.2, 0.25) is 0 Å². The zero-order valence-corrected chi connectivity index (χ0v) is 21.9. The average Bonchev–Trinajstić information content (AvgIpc) is 3.16. The summed E-state index contributed by atoms with van der Waals surface area (Å²) >= 11 is 0. The number of carbonyl (C=O) groups excluding carboxylic acids is 4. The molecule has 0 spiro atoms. The monoisotopic (exact) mass is 543 g/mol. The van der Waals surface area contributed by atoms with E-state index in [9.17, 15) is 19.2 Å². The third-order valence-corrected chi connectivity index (χ3v) is 6.92. The number of hydrogen-bond acceptors (Lipinski definition) is 9. The molecular formula is C27H30ClN3O7. The molecule has 202 valence electrons. The van der Waals surface area contributed by atoms with E-state index in [-0.39, 0.29) is 48.6 Å². The highest BCUT2D eigenvalue weighted by atomic mass is 35.5. The highest BCUT2D eigenvalue weighted by molar-refractivity contribution is 6.26. The Hall–Kier alpha value is -3.47. The minimum Gasteiger partial charge on any atom is -0.494 e. The minimum atomic E-state index is -0.915. The number of amides is 2. The first-order valence-electron chi connectivity index (χ1n) is 12.4. The van der Waals surface area contributed by atoms with Crippen molar-refractivity contribution in [2.24, 2.45) is 0 Å². The molecule has 0 bridgehead atoms. The lowest BCUT2D eigenvalue weighted by molar-refractivity contribution is -0.132. The van der Waals surface area contributed by atoms with E-state index in [0.717, 1.165) is 37.7 Å². The molecule has 2 amide bonds. The van der Waals surface area contributed by atoms with Crippen LogP contribution in [0.5, 0.6) is 11.5 Å². The molecule has 11 heteroatoms. The van der Waals surface area contributed by atoms with Crippen molar-refractivity contribution in [3.63, 3.8) is 0 Å². The van der Waals surface area contributed by atoms with Crippen LogP contribution in [-0.4, -0.2) is 85.8 Å². The summed E-state index contributed by atoms with van der Waals surface area (Å²) in [6.07, 6.45) is 0.0843. The van der Waals surface area contributed by atoms with Crippen molar-refractivity contribution in [3.05, 3.63) is 47.5 Å². The van der Waals surface area contributed by atoms with Crippen molar-refractivity contribution in [2.75, 3.05) is 51.9 Å². The van der Waals surface area contributed by atoms with E-state index in [1.807, 2.05) is 6.07 Å². The highest BCUT2D eigenvalue weighted by Crippen LogP contribution is 2.37. The van der Waals surface area contributed by atoms with Gasteiger partial charge in [-0.3, -0.25) is 29.0 Å². The number of nitrogens with zero attached hydrogens (tertiary/aromatic N) is 2. The summed E-state index contributed by atoms with van der Waals surface area (Å²) in [5.74, 6) is -0.468. The second-order valence-electron chi connectivity index (χ2n) is 9.23. The van der Waals surface area contributed by atoms with Gasteiger partial charge in [0.1, 0.15) is 23.9 Å². The lowest BCUT2D eigenvalue weighted by atomic mass is 9.92. The Balaban J connectivity index is 0.00000336. The van der Waals surface area contributed by atoms with Crippen molar-refractivity contribution in [3.8, 4) is 11.5 Å². The van der Waals surface area contributed by atoms with Crippen LogP contribution in [0.1, 0.15) is 40.0 Å². The van der Waals surface area contributed by atoms with Gasteiger partial charge >= 0.3 is 0 Å². The molecule has 2 aromatic carbocycles. The number of anilines is 2. The van der Waals surface area contributed by atoms with E-state index in [1.54, 1.807) is 37.4 Å². The smallest absolute Gasteiger partial charge is 0.264 e. The van der Waals surface area contributed by atoms with Gasteiger partial charge in [-0.15, -0.1) is 12.4 Å². The summed E-state index contributed by atoms with van der Waals surface area (Å²) in [6, 6.07) is 9.40. The van der Waals surface area contributed by atoms with Crippen molar-refractivity contribution in [2.45, 2.75) is 25.3 Å². The summed E-state index contributed by atoms with van der Waals surface area (Å²) < 4.78 is 16.8. The molecule has 2 heterocycles. The van der Waals surface area contributed by atoms with Gasteiger partial charge in [-0.1, -0.05) is 6.07 Å². The number of ether oxygens (including phenoxy) is 3. The van der Waals surface area contributed by atoms with Crippen molar-refractivity contribution >= 4 is 47.2 Å². The Morgan fingerprint density at radius 2 is 1.82 bits per heavy atom. The van der Waals surface area contributed by atoms with Gasteiger partial charge in [-0.05, 0) is 30.7 Å². The minimum absolute atomic E-state index is 0. The zero-order chi connectivity index (χ0) is 25.9. The molecule has 2 aliphatic heterocycles. The van der Waals surface area contributed by atoms with Gasteiger partial charge in [0.15, 0.2) is 5.78 Å². The molecule has 1 saturated carbocycles. The molecule has 1 N–H and O–H groups in total. The first-order valence-corrected chi connectivity index (χ1v) is 12.4. The summed E-state index contributed by atoms with van der Waals surface area (Å²) in [7, 11) is 1.54. The average molecular weight is 544 g/mol. The molecule has 38 heavy (non-hydrogen) atoms. The molecule has 2 aromatic rings. The van der Waals surface area contributed by atoms with E-state index in [4.69, 9.17) is 14.2 Å². The summed E-state index contributed by atoms with van der Waals surface area (Å²) in [4.78, 5) is 53.9. The molecule has 3 aliphatic rings. The lowest BCUT2D eigenvalue weighted by Crippen LogP contribution is -2.47. The Bertz CT molecular complexity index is 1250. The molecule has 10 nitrogen and oxygen atoms in total. The molecule has 0 radical (unpaired) electrons. The second-order valence-corrected chi connectivity index (χ2v) is 9.23. The van der Waals surface area contributed by atoms with Gasteiger partial charge in [0.25, 0.3) is 11.8 Å². The molecule has 1 unspecified atom stereocenters. The number of imide groups is 1. The van der Waals surface area contributed by atoms with Crippen LogP contribution in [0.3, 0.4) is 0 Å². The number of fused-ring (bicyclic) bond motifs is 1. The molecule has 0 aromatic heterocycles. The van der Waals surface area contributed by atoms with Crippen molar-refractivity contribution in [1.82, 2.24) is 9.80 Å². The fourth-order valence-corrected chi connectivity index (χ4v) is 4.95. The van der Waals surface area contributed by atoms with Gasteiger partial charge in [0, 0.05) is 32.1 Å². The molecule has 2 fully saturated rings. The first-order chi connectivity index (χ1) is 18.0. The van der Waals surface area contributed by atoms with Crippen LogP contribution in [-0.2, 0) is 14.3 Å². The quantitative estimate of drug-likeness (QED) is 0.396. The molecule has 1 saturated heterocycles. The molecule has 1 aliphatic carbocycles.